The molecular weight excluding hydrogens is 332 g/mol. The summed E-state index contributed by atoms with van der Waals surface area (Å²) in [7, 11) is 2.87. The fourth-order valence-corrected chi connectivity index (χ4v) is 4.01. The van der Waals surface area contributed by atoms with Crippen LogP contribution in [0.2, 0.25) is 0 Å². The average molecular weight is 344 g/mol. The van der Waals surface area contributed by atoms with E-state index in [2.05, 4.69) is 0 Å². The third-order valence-corrected chi connectivity index (χ3v) is 5.27. The zero-order valence-corrected chi connectivity index (χ0v) is 14.0. The lowest BCUT2D eigenvalue weighted by atomic mass is 9.91. The molecule has 0 spiro atoms. The molecular formula is C20H12N2O4. The Morgan fingerprint density at radius 3 is 1.23 bits per heavy atom. The highest BCUT2D eigenvalue weighted by Gasteiger charge is 2.21. The van der Waals surface area contributed by atoms with Gasteiger partial charge in [-0.25, -0.2) is 0 Å². The van der Waals surface area contributed by atoms with Crippen molar-refractivity contribution in [2.45, 2.75) is 0 Å². The first-order chi connectivity index (χ1) is 12.4. The fourth-order valence-electron chi connectivity index (χ4n) is 4.01. The second kappa shape index (κ2) is 4.54. The summed E-state index contributed by atoms with van der Waals surface area (Å²) in [5.41, 5.74) is -1.66. The van der Waals surface area contributed by atoms with E-state index in [0.717, 1.165) is 9.13 Å². The highest BCUT2D eigenvalue weighted by atomic mass is 16.2. The lowest BCUT2D eigenvalue weighted by Gasteiger charge is -2.14. The summed E-state index contributed by atoms with van der Waals surface area (Å²) in [6, 6.07) is 10.1. The summed E-state index contributed by atoms with van der Waals surface area (Å²) >= 11 is 0. The van der Waals surface area contributed by atoms with E-state index in [1.54, 1.807) is 36.4 Å². The van der Waals surface area contributed by atoms with Crippen molar-refractivity contribution in [3.05, 3.63) is 77.8 Å². The van der Waals surface area contributed by atoms with Crippen LogP contribution in [-0.4, -0.2) is 9.13 Å². The lowest BCUT2D eigenvalue weighted by Crippen LogP contribution is -2.32. The van der Waals surface area contributed by atoms with Gasteiger partial charge in [-0.1, -0.05) is 24.3 Å². The van der Waals surface area contributed by atoms with Crippen LogP contribution in [0.25, 0.3) is 43.1 Å². The molecule has 0 aliphatic rings. The van der Waals surface area contributed by atoms with E-state index in [0.29, 0.717) is 43.1 Å². The number of hydrogen-bond donors (Lipinski definition) is 0. The van der Waals surface area contributed by atoms with Crippen LogP contribution in [0.4, 0.5) is 0 Å². The number of nitrogens with zero attached hydrogens (tertiary/aromatic N) is 2. The van der Waals surface area contributed by atoms with Gasteiger partial charge in [-0.2, -0.15) is 0 Å². The van der Waals surface area contributed by atoms with E-state index in [1.165, 1.54) is 14.1 Å². The van der Waals surface area contributed by atoms with Crippen LogP contribution >= 0.6 is 0 Å². The van der Waals surface area contributed by atoms with Crippen molar-refractivity contribution in [1.82, 2.24) is 9.13 Å². The number of pyridine rings is 2. The molecule has 0 amide bonds. The highest BCUT2D eigenvalue weighted by molar-refractivity contribution is 6.32. The van der Waals surface area contributed by atoms with E-state index in [-0.39, 0.29) is 0 Å². The molecule has 6 heteroatoms. The molecule has 0 saturated carbocycles. The van der Waals surface area contributed by atoms with Crippen LogP contribution < -0.4 is 22.2 Å². The number of hydrogen-bond acceptors (Lipinski definition) is 4. The average Bonchev–Trinajstić information content (AvgIpc) is 2.65. The molecule has 0 saturated heterocycles. The molecule has 0 radical (unpaired) electrons. The first-order valence-corrected chi connectivity index (χ1v) is 8.09. The van der Waals surface area contributed by atoms with Crippen molar-refractivity contribution in [2.24, 2.45) is 14.1 Å². The number of aromatic nitrogens is 2. The molecule has 0 bridgehead atoms. The van der Waals surface area contributed by atoms with Crippen molar-refractivity contribution in [3.8, 4) is 0 Å². The van der Waals surface area contributed by atoms with Gasteiger partial charge in [0.2, 0.25) is 0 Å². The van der Waals surface area contributed by atoms with Gasteiger partial charge in [0, 0.05) is 35.6 Å². The molecule has 5 aromatic rings. The fraction of sp³-hybridized carbons (Fsp3) is 0.100. The minimum Gasteiger partial charge on any atom is -0.277 e. The molecule has 0 aliphatic heterocycles. The van der Waals surface area contributed by atoms with Crippen LogP contribution in [0.1, 0.15) is 0 Å². The van der Waals surface area contributed by atoms with Gasteiger partial charge in [0.15, 0.2) is 0 Å². The molecule has 0 atom stereocenters. The molecule has 26 heavy (non-hydrogen) atoms. The Labute approximate surface area is 144 Å². The topological polar surface area (TPSA) is 78.1 Å². The molecule has 0 unspecified atom stereocenters. The minimum atomic E-state index is -0.429. The standard InChI is InChI=1S/C20H12N2O4/c1-21-17(23)11-7-3-6-10-13(11)15(19(21)25)9-5-4-8-12-14(9)16(10)20(26)22(2)18(12)24/h3-8H,1-2H3. The van der Waals surface area contributed by atoms with Crippen molar-refractivity contribution < 1.29 is 0 Å². The zero-order chi connectivity index (χ0) is 18.3. The van der Waals surface area contributed by atoms with Crippen molar-refractivity contribution >= 4 is 43.1 Å². The van der Waals surface area contributed by atoms with E-state index in [4.69, 9.17) is 0 Å². The molecule has 126 valence electrons. The predicted molar refractivity (Wildman–Crippen MR) is 102 cm³/mol. The molecule has 3 aromatic carbocycles. The van der Waals surface area contributed by atoms with E-state index < -0.39 is 22.2 Å². The summed E-state index contributed by atoms with van der Waals surface area (Å²) in [6.07, 6.45) is 0. The van der Waals surface area contributed by atoms with Crippen LogP contribution in [0.3, 0.4) is 0 Å². The zero-order valence-electron chi connectivity index (χ0n) is 14.0. The van der Waals surface area contributed by atoms with Crippen molar-refractivity contribution in [2.75, 3.05) is 0 Å². The van der Waals surface area contributed by atoms with Crippen LogP contribution in [0.5, 0.6) is 0 Å². The van der Waals surface area contributed by atoms with Gasteiger partial charge < -0.3 is 0 Å². The third-order valence-electron chi connectivity index (χ3n) is 5.27. The van der Waals surface area contributed by atoms with E-state index >= 15 is 0 Å². The van der Waals surface area contributed by atoms with E-state index in [1.807, 2.05) is 0 Å². The molecule has 0 N–H and O–H groups in total. The first kappa shape index (κ1) is 14.8. The van der Waals surface area contributed by atoms with Crippen molar-refractivity contribution in [3.63, 3.8) is 0 Å². The van der Waals surface area contributed by atoms with Gasteiger partial charge in [-0.3, -0.25) is 28.3 Å². The smallest absolute Gasteiger partial charge is 0.261 e. The summed E-state index contributed by atoms with van der Waals surface area (Å²) in [4.78, 5) is 51.0. The Bertz CT molecular complexity index is 1500. The van der Waals surface area contributed by atoms with Gasteiger partial charge in [0.1, 0.15) is 0 Å². The highest BCUT2D eigenvalue weighted by Crippen LogP contribution is 2.35. The maximum Gasteiger partial charge on any atom is 0.261 e. The maximum absolute atomic E-state index is 12.9. The maximum atomic E-state index is 12.9. The molecule has 0 aliphatic carbocycles. The summed E-state index contributed by atoms with van der Waals surface area (Å²) in [5, 5.41) is 3.51. The lowest BCUT2D eigenvalue weighted by molar-refractivity contribution is 0.840. The van der Waals surface area contributed by atoms with Crippen molar-refractivity contribution in [1.29, 1.82) is 0 Å². The number of benzene rings is 3. The normalized spacial score (nSPS) is 12.1. The molecule has 2 aromatic heterocycles. The Balaban J connectivity index is 2.42. The first-order valence-electron chi connectivity index (χ1n) is 8.09. The second-order valence-electron chi connectivity index (χ2n) is 6.54. The number of rotatable bonds is 0. The SMILES string of the molecule is Cn1c(=O)c2cccc3c4c(=O)n(C)c(=O)c5cccc(c(c1=O)c23)c54. The minimum absolute atomic E-state index is 0.364. The Hall–Kier alpha value is -3.54. The van der Waals surface area contributed by atoms with Gasteiger partial charge in [0.05, 0.1) is 10.8 Å². The molecule has 0 fully saturated rings. The molecule has 6 nitrogen and oxygen atoms in total. The van der Waals surface area contributed by atoms with E-state index in [9.17, 15) is 19.2 Å². The Morgan fingerprint density at radius 1 is 0.500 bits per heavy atom. The number of fused-ring (bicyclic) bond motifs is 2. The summed E-state index contributed by atoms with van der Waals surface area (Å²) < 4.78 is 2.15. The van der Waals surface area contributed by atoms with Gasteiger partial charge in [-0.05, 0) is 22.9 Å². The molecule has 2 heterocycles. The largest absolute Gasteiger partial charge is 0.277 e. The van der Waals surface area contributed by atoms with Crippen LogP contribution in [0.15, 0.2) is 55.6 Å². The van der Waals surface area contributed by atoms with Gasteiger partial charge in [0.25, 0.3) is 22.2 Å². The summed E-state index contributed by atoms with van der Waals surface area (Å²) in [6.45, 7) is 0. The monoisotopic (exact) mass is 344 g/mol. The summed E-state index contributed by atoms with van der Waals surface area (Å²) in [5.74, 6) is 0. The predicted octanol–water partition coefficient (Wildman–Crippen LogP) is 1.29. The van der Waals surface area contributed by atoms with Crippen LogP contribution in [0, 0.1) is 0 Å². The van der Waals surface area contributed by atoms with Crippen LogP contribution in [-0.2, 0) is 14.1 Å². The Kier molecular flexibility index (Phi) is 2.58. The Morgan fingerprint density at radius 2 is 0.846 bits per heavy atom. The quantitative estimate of drug-likeness (QED) is 0.313. The van der Waals surface area contributed by atoms with Gasteiger partial charge >= 0.3 is 0 Å². The van der Waals surface area contributed by atoms with Gasteiger partial charge in [-0.15, -0.1) is 0 Å². The second-order valence-corrected chi connectivity index (χ2v) is 6.54. The third kappa shape index (κ3) is 1.48. The molecule has 5 rings (SSSR count).